The minimum absolute atomic E-state index is 0. The summed E-state index contributed by atoms with van der Waals surface area (Å²) >= 11 is 0. The number of piperidine rings is 1. The Balaban J connectivity index is 0.00000261. The number of pyridine rings is 1. The quantitative estimate of drug-likeness (QED) is 0.383. The molecule has 1 fully saturated rings. The van der Waals surface area contributed by atoms with Crippen LogP contribution in [-0.4, -0.2) is 51.4 Å². The molecule has 3 heterocycles. The van der Waals surface area contributed by atoms with E-state index in [1.54, 1.807) is 11.0 Å². The Morgan fingerprint density at radius 1 is 1.26 bits per heavy atom. The molecule has 3 rings (SSSR count). The van der Waals surface area contributed by atoms with Gasteiger partial charge in [0, 0.05) is 38.9 Å². The van der Waals surface area contributed by atoms with E-state index in [4.69, 9.17) is 0 Å². The molecule has 0 aromatic carbocycles. The molecule has 0 unspecified atom stereocenters. The van der Waals surface area contributed by atoms with Gasteiger partial charge in [-0.25, -0.2) is 15.0 Å². The summed E-state index contributed by atoms with van der Waals surface area (Å²) in [6, 6.07) is 4.64. The van der Waals surface area contributed by atoms with E-state index in [9.17, 15) is 0 Å². The Morgan fingerprint density at radius 3 is 2.63 bits per heavy atom. The molecule has 0 bridgehead atoms. The minimum atomic E-state index is 0. The van der Waals surface area contributed by atoms with Crippen molar-refractivity contribution in [1.29, 1.82) is 0 Å². The van der Waals surface area contributed by atoms with Gasteiger partial charge in [-0.3, -0.25) is 4.68 Å². The molecule has 27 heavy (non-hydrogen) atoms. The van der Waals surface area contributed by atoms with Gasteiger partial charge in [0.25, 0.3) is 0 Å². The van der Waals surface area contributed by atoms with Crippen molar-refractivity contribution in [3.05, 3.63) is 36.0 Å². The highest BCUT2D eigenvalue weighted by atomic mass is 127. The van der Waals surface area contributed by atoms with Crippen LogP contribution in [0.4, 0.5) is 5.82 Å². The van der Waals surface area contributed by atoms with Crippen molar-refractivity contribution < 1.29 is 0 Å². The van der Waals surface area contributed by atoms with Crippen LogP contribution in [-0.2, 0) is 13.6 Å². The molecule has 1 aliphatic heterocycles. The molecular weight excluding hydrogens is 455 g/mol. The number of nitrogens with one attached hydrogen (secondary N) is 2. The molecule has 2 aromatic heterocycles. The number of hydrogen-bond acceptors (Lipinski definition) is 5. The zero-order valence-electron chi connectivity index (χ0n) is 16.2. The van der Waals surface area contributed by atoms with Crippen LogP contribution in [0.2, 0.25) is 0 Å². The first-order chi connectivity index (χ1) is 12.7. The van der Waals surface area contributed by atoms with Gasteiger partial charge in [-0.1, -0.05) is 6.07 Å². The maximum Gasteiger partial charge on any atom is 0.191 e. The van der Waals surface area contributed by atoms with E-state index < -0.39 is 0 Å². The van der Waals surface area contributed by atoms with Crippen molar-refractivity contribution in [3.8, 4) is 0 Å². The molecule has 8 nitrogen and oxygen atoms in total. The summed E-state index contributed by atoms with van der Waals surface area (Å²) in [4.78, 5) is 15.7. The van der Waals surface area contributed by atoms with Crippen LogP contribution in [0, 0.1) is 6.92 Å². The van der Waals surface area contributed by atoms with Gasteiger partial charge in [-0.05, 0) is 38.3 Å². The number of guanidine groups is 1. The fraction of sp³-hybridized carbons (Fsp3) is 0.556. The highest BCUT2D eigenvalue weighted by molar-refractivity contribution is 14.0. The van der Waals surface area contributed by atoms with Crippen molar-refractivity contribution in [2.75, 3.05) is 24.5 Å². The van der Waals surface area contributed by atoms with Crippen molar-refractivity contribution in [1.82, 2.24) is 30.4 Å². The highest BCUT2D eigenvalue weighted by Gasteiger charge is 2.20. The van der Waals surface area contributed by atoms with E-state index in [-0.39, 0.29) is 24.0 Å². The zero-order chi connectivity index (χ0) is 18.4. The fourth-order valence-corrected chi connectivity index (χ4v) is 3.03. The first kappa shape index (κ1) is 21.4. The minimum Gasteiger partial charge on any atom is -0.357 e. The third kappa shape index (κ3) is 6.05. The van der Waals surface area contributed by atoms with Crippen LogP contribution in [0.1, 0.15) is 31.2 Å². The van der Waals surface area contributed by atoms with Gasteiger partial charge in [0.1, 0.15) is 24.5 Å². The Kier molecular flexibility index (Phi) is 8.26. The van der Waals surface area contributed by atoms with Gasteiger partial charge in [-0.15, -0.1) is 24.0 Å². The number of aromatic nitrogens is 4. The van der Waals surface area contributed by atoms with Gasteiger partial charge in [0.05, 0.1) is 0 Å². The predicted octanol–water partition coefficient (Wildman–Crippen LogP) is 1.86. The number of halogens is 1. The van der Waals surface area contributed by atoms with E-state index in [0.29, 0.717) is 12.6 Å². The number of rotatable bonds is 5. The van der Waals surface area contributed by atoms with Gasteiger partial charge in [-0.2, -0.15) is 5.10 Å². The molecule has 1 saturated heterocycles. The highest BCUT2D eigenvalue weighted by Crippen LogP contribution is 2.18. The van der Waals surface area contributed by atoms with E-state index in [1.807, 2.05) is 13.2 Å². The molecule has 1 aliphatic rings. The Hall–Kier alpha value is -1.91. The number of aryl methyl sites for hydroxylation is 2. The molecule has 0 spiro atoms. The first-order valence-corrected chi connectivity index (χ1v) is 9.21. The lowest BCUT2D eigenvalue weighted by Crippen LogP contribution is -2.48. The molecule has 0 aliphatic carbocycles. The summed E-state index contributed by atoms with van der Waals surface area (Å²) in [7, 11) is 1.88. The van der Waals surface area contributed by atoms with Crippen LogP contribution in [0.3, 0.4) is 0 Å². The van der Waals surface area contributed by atoms with Crippen molar-refractivity contribution in [2.45, 2.75) is 39.3 Å². The van der Waals surface area contributed by atoms with Crippen LogP contribution in [0.5, 0.6) is 0 Å². The molecule has 0 radical (unpaired) electrons. The van der Waals surface area contributed by atoms with Gasteiger partial charge in [0.15, 0.2) is 5.96 Å². The van der Waals surface area contributed by atoms with Crippen molar-refractivity contribution in [2.24, 2.45) is 12.0 Å². The summed E-state index contributed by atoms with van der Waals surface area (Å²) in [5.41, 5.74) is 1.19. The smallest absolute Gasteiger partial charge is 0.191 e. The Labute approximate surface area is 177 Å². The number of nitrogens with zero attached hydrogens (tertiary/aromatic N) is 6. The summed E-state index contributed by atoms with van der Waals surface area (Å²) in [6.45, 7) is 7.47. The molecule has 0 atom stereocenters. The Bertz CT molecular complexity index is 719. The topological polar surface area (TPSA) is 83.3 Å². The van der Waals surface area contributed by atoms with Crippen LogP contribution in [0.25, 0.3) is 0 Å². The van der Waals surface area contributed by atoms with Crippen LogP contribution in [0.15, 0.2) is 29.6 Å². The summed E-state index contributed by atoms with van der Waals surface area (Å²) in [6.07, 6.45) is 5.61. The zero-order valence-corrected chi connectivity index (χ0v) is 18.6. The van der Waals surface area contributed by atoms with E-state index in [2.05, 4.69) is 61.6 Å². The van der Waals surface area contributed by atoms with Crippen molar-refractivity contribution in [3.63, 3.8) is 0 Å². The molecule has 2 aromatic rings. The summed E-state index contributed by atoms with van der Waals surface area (Å²) in [5, 5.41) is 11.0. The van der Waals surface area contributed by atoms with E-state index in [0.717, 1.165) is 50.1 Å². The lowest BCUT2D eigenvalue weighted by molar-refractivity contribution is 0.459. The monoisotopic (exact) mass is 484 g/mol. The third-order valence-corrected chi connectivity index (χ3v) is 4.58. The lowest BCUT2D eigenvalue weighted by Gasteiger charge is -2.33. The van der Waals surface area contributed by atoms with E-state index in [1.165, 1.54) is 5.56 Å². The molecular formula is C18H29IN8. The second-order valence-electron chi connectivity index (χ2n) is 6.59. The van der Waals surface area contributed by atoms with Gasteiger partial charge in [0.2, 0.25) is 0 Å². The SMILES string of the molecule is CCNC(=NCc1ncnn1C)NC1CCN(c2ccc(C)cn2)CC1.I. The Morgan fingerprint density at radius 2 is 2.04 bits per heavy atom. The van der Waals surface area contributed by atoms with Gasteiger partial charge < -0.3 is 15.5 Å². The van der Waals surface area contributed by atoms with Gasteiger partial charge >= 0.3 is 0 Å². The average molecular weight is 484 g/mol. The molecule has 148 valence electrons. The number of anilines is 1. The number of hydrogen-bond donors (Lipinski definition) is 2. The lowest BCUT2D eigenvalue weighted by atomic mass is 10.1. The molecule has 0 amide bonds. The van der Waals surface area contributed by atoms with Crippen molar-refractivity contribution >= 4 is 35.8 Å². The van der Waals surface area contributed by atoms with Crippen LogP contribution >= 0.6 is 24.0 Å². The fourth-order valence-electron chi connectivity index (χ4n) is 3.03. The second kappa shape index (κ2) is 10.4. The normalized spacial score (nSPS) is 15.4. The number of aliphatic imine (C=N–C) groups is 1. The molecule has 2 N–H and O–H groups in total. The predicted molar refractivity (Wildman–Crippen MR) is 119 cm³/mol. The largest absolute Gasteiger partial charge is 0.357 e. The summed E-state index contributed by atoms with van der Waals surface area (Å²) in [5.74, 6) is 2.75. The van der Waals surface area contributed by atoms with E-state index >= 15 is 0 Å². The standard InChI is InChI=1S/C18H28N8.HI/c1-4-19-18(21-12-17-22-13-23-25(17)3)24-15-7-9-26(10-8-15)16-6-5-14(2)11-20-16;/h5-6,11,13,15H,4,7-10,12H2,1-3H3,(H2,19,21,24);1H. The third-order valence-electron chi connectivity index (χ3n) is 4.58. The molecule has 9 heteroatoms. The van der Waals surface area contributed by atoms with Crippen LogP contribution < -0.4 is 15.5 Å². The maximum atomic E-state index is 4.64. The first-order valence-electron chi connectivity index (χ1n) is 9.21. The second-order valence-corrected chi connectivity index (χ2v) is 6.59. The maximum absolute atomic E-state index is 4.64. The summed E-state index contributed by atoms with van der Waals surface area (Å²) < 4.78 is 1.75. The molecule has 0 saturated carbocycles. The average Bonchev–Trinajstić information content (AvgIpc) is 3.06.